The van der Waals surface area contributed by atoms with Gasteiger partial charge in [0.15, 0.2) is 0 Å². The standard InChI is InChI=1S/C11H19N3S/c1-2-6-12-10(7-9-4-3-5-9)11-8-15-14-13-11/h8-10,12H,2-7H2,1H3. The predicted octanol–water partition coefficient (Wildman–Crippen LogP) is 2.77. The number of nitrogens with zero attached hydrogens (tertiary/aromatic N) is 2. The normalized spacial score (nSPS) is 18.7. The van der Waals surface area contributed by atoms with Gasteiger partial charge in [-0.05, 0) is 36.8 Å². The Bertz CT molecular complexity index is 269. The second-order valence-electron chi connectivity index (χ2n) is 4.37. The topological polar surface area (TPSA) is 37.8 Å². The van der Waals surface area contributed by atoms with Crippen molar-refractivity contribution in [3.8, 4) is 0 Å². The average molecular weight is 225 g/mol. The molecule has 0 amide bonds. The highest BCUT2D eigenvalue weighted by Crippen LogP contribution is 2.34. The Labute approximate surface area is 95.4 Å². The van der Waals surface area contributed by atoms with Crippen LogP contribution in [-0.4, -0.2) is 16.1 Å². The summed E-state index contributed by atoms with van der Waals surface area (Å²) in [6.07, 6.45) is 6.65. The van der Waals surface area contributed by atoms with E-state index in [1.165, 1.54) is 43.6 Å². The Morgan fingerprint density at radius 2 is 2.47 bits per heavy atom. The van der Waals surface area contributed by atoms with Crippen molar-refractivity contribution in [2.45, 2.75) is 45.1 Å². The molecule has 3 nitrogen and oxygen atoms in total. The Morgan fingerprint density at radius 1 is 1.60 bits per heavy atom. The number of aromatic nitrogens is 2. The van der Waals surface area contributed by atoms with Crippen molar-refractivity contribution in [3.63, 3.8) is 0 Å². The van der Waals surface area contributed by atoms with Crippen molar-refractivity contribution < 1.29 is 0 Å². The van der Waals surface area contributed by atoms with Crippen molar-refractivity contribution in [2.24, 2.45) is 5.92 Å². The minimum atomic E-state index is 0.439. The molecular weight excluding hydrogens is 206 g/mol. The van der Waals surface area contributed by atoms with Crippen LogP contribution in [0, 0.1) is 5.92 Å². The molecule has 1 heterocycles. The van der Waals surface area contributed by atoms with Crippen molar-refractivity contribution >= 4 is 11.5 Å². The molecular formula is C11H19N3S. The number of nitrogens with one attached hydrogen (secondary N) is 1. The van der Waals surface area contributed by atoms with E-state index in [2.05, 4.69) is 27.2 Å². The number of rotatable bonds is 6. The lowest BCUT2D eigenvalue weighted by molar-refractivity contribution is 0.259. The number of hydrogen-bond acceptors (Lipinski definition) is 4. The van der Waals surface area contributed by atoms with Gasteiger partial charge < -0.3 is 5.32 Å². The molecule has 1 saturated carbocycles. The summed E-state index contributed by atoms with van der Waals surface area (Å²) in [6.45, 7) is 3.28. The van der Waals surface area contributed by atoms with Crippen LogP contribution in [0.4, 0.5) is 0 Å². The van der Waals surface area contributed by atoms with Gasteiger partial charge in [0.25, 0.3) is 0 Å². The molecule has 1 aliphatic carbocycles. The van der Waals surface area contributed by atoms with Crippen LogP contribution in [0.2, 0.25) is 0 Å². The van der Waals surface area contributed by atoms with E-state index in [0.29, 0.717) is 6.04 Å². The summed E-state index contributed by atoms with van der Waals surface area (Å²) in [4.78, 5) is 0. The van der Waals surface area contributed by atoms with Gasteiger partial charge in [-0.1, -0.05) is 30.7 Å². The van der Waals surface area contributed by atoms with Gasteiger partial charge in [-0.3, -0.25) is 0 Å². The fourth-order valence-corrected chi connectivity index (χ4v) is 2.52. The first kappa shape index (κ1) is 11.0. The van der Waals surface area contributed by atoms with Gasteiger partial charge in [0.05, 0.1) is 11.7 Å². The quantitative estimate of drug-likeness (QED) is 0.809. The summed E-state index contributed by atoms with van der Waals surface area (Å²) in [5.74, 6) is 0.918. The Hall–Kier alpha value is -0.480. The monoisotopic (exact) mass is 225 g/mol. The van der Waals surface area contributed by atoms with Crippen LogP contribution >= 0.6 is 11.5 Å². The highest BCUT2D eigenvalue weighted by Gasteiger charge is 2.23. The van der Waals surface area contributed by atoms with E-state index in [4.69, 9.17) is 0 Å². The summed E-state index contributed by atoms with van der Waals surface area (Å²) in [5, 5.41) is 9.84. The smallest absolute Gasteiger partial charge is 0.0924 e. The molecule has 1 aromatic heterocycles. The van der Waals surface area contributed by atoms with E-state index < -0.39 is 0 Å². The highest BCUT2D eigenvalue weighted by atomic mass is 32.1. The molecule has 0 bridgehead atoms. The molecule has 1 unspecified atom stereocenters. The zero-order valence-corrected chi connectivity index (χ0v) is 10.1. The van der Waals surface area contributed by atoms with Gasteiger partial charge >= 0.3 is 0 Å². The van der Waals surface area contributed by atoms with E-state index in [1.807, 2.05) is 0 Å². The second kappa shape index (κ2) is 5.56. The summed E-state index contributed by atoms with van der Waals surface area (Å²) in [5.41, 5.74) is 1.14. The third-order valence-corrected chi connectivity index (χ3v) is 3.69. The molecule has 1 aliphatic rings. The maximum Gasteiger partial charge on any atom is 0.0924 e. The van der Waals surface area contributed by atoms with Crippen LogP contribution in [0.1, 0.15) is 50.8 Å². The van der Waals surface area contributed by atoms with Gasteiger partial charge in [0.2, 0.25) is 0 Å². The maximum atomic E-state index is 4.19. The predicted molar refractivity (Wildman–Crippen MR) is 62.9 cm³/mol. The first-order chi connectivity index (χ1) is 7.40. The molecule has 84 valence electrons. The molecule has 15 heavy (non-hydrogen) atoms. The largest absolute Gasteiger partial charge is 0.309 e. The molecule has 0 saturated heterocycles. The van der Waals surface area contributed by atoms with Gasteiger partial charge in [-0.2, -0.15) is 0 Å². The molecule has 2 rings (SSSR count). The summed E-state index contributed by atoms with van der Waals surface area (Å²) in [6, 6.07) is 0.439. The molecule has 4 heteroatoms. The fraction of sp³-hybridized carbons (Fsp3) is 0.818. The average Bonchev–Trinajstić information content (AvgIpc) is 2.68. The summed E-state index contributed by atoms with van der Waals surface area (Å²) < 4.78 is 3.95. The van der Waals surface area contributed by atoms with Gasteiger partial charge in [-0.25, -0.2) is 0 Å². The molecule has 1 aromatic rings. The maximum absolute atomic E-state index is 4.19. The summed E-state index contributed by atoms with van der Waals surface area (Å²) in [7, 11) is 0. The van der Waals surface area contributed by atoms with Gasteiger partial charge in [0, 0.05) is 5.38 Å². The van der Waals surface area contributed by atoms with E-state index in [0.717, 1.165) is 18.2 Å². The fourth-order valence-electron chi connectivity index (χ4n) is 2.01. The molecule has 1 atom stereocenters. The Morgan fingerprint density at radius 3 is 3.00 bits per heavy atom. The van der Waals surface area contributed by atoms with E-state index in [1.54, 1.807) is 0 Å². The molecule has 0 radical (unpaired) electrons. The zero-order valence-electron chi connectivity index (χ0n) is 9.28. The minimum Gasteiger partial charge on any atom is -0.309 e. The lowest BCUT2D eigenvalue weighted by Gasteiger charge is -2.29. The van der Waals surface area contributed by atoms with Gasteiger partial charge in [-0.15, -0.1) is 5.10 Å². The van der Waals surface area contributed by atoms with Crippen LogP contribution in [-0.2, 0) is 0 Å². The third kappa shape index (κ3) is 2.98. The van der Waals surface area contributed by atoms with Crippen molar-refractivity contribution in [2.75, 3.05) is 6.54 Å². The van der Waals surface area contributed by atoms with Crippen LogP contribution in [0.15, 0.2) is 5.38 Å². The Balaban J connectivity index is 1.89. The van der Waals surface area contributed by atoms with E-state index >= 15 is 0 Å². The van der Waals surface area contributed by atoms with Crippen molar-refractivity contribution in [1.29, 1.82) is 0 Å². The second-order valence-corrected chi connectivity index (χ2v) is 4.98. The lowest BCUT2D eigenvalue weighted by Crippen LogP contribution is -2.27. The molecule has 1 N–H and O–H groups in total. The molecule has 0 aliphatic heterocycles. The Kier molecular flexibility index (Phi) is 4.09. The van der Waals surface area contributed by atoms with Crippen LogP contribution < -0.4 is 5.32 Å². The van der Waals surface area contributed by atoms with Crippen LogP contribution in [0.5, 0.6) is 0 Å². The molecule has 0 aromatic carbocycles. The number of hydrogen-bond donors (Lipinski definition) is 1. The summed E-state index contributed by atoms with van der Waals surface area (Å²) >= 11 is 1.45. The highest BCUT2D eigenvalue weighted by molar-refractivity contribution is 7.03. The zero-order chi connectivity index (χ0) is 10.5. The molecule has 0 spiro atoms. The first-order valence-electron chi connectivity index (χ1n) is 5.90. The van der Waals surface area contributed by atoms with Crippen molar-refractivity contribution in [1.82, 2.24) is 14.9 Å². The lowest BCUT2D eigenvalue weighted by atomic mass is 9.80. The van der Waals surface area contributed by atoms with Crippen LogP contribution in [0.3, 0.4) is 0 Å². The third-order valence-electron chi connectivity index (χ3n) is 3.17. The first-order valence-corrected chi connectivity index (χ1v) is 6.74. The van der Waals surface area contributed by atoms with Crippen LogP contribution in [0.25, 0.3) is 0 Å². The minimum absolute atomic E-state index is 0.439. The SMILES string of the molecule is CCCNC(CC1CCC1)c1csnn1. The van der Waals surface area contributed by atoms with E-state index in [-0.39, 0.29) is 0 Å². The van der Waals surface area contributed by atoms with Gasteiger partial charge in [0.1, 0.15) is 0 Å². The van der Waals surface area contributed by atoms with Crippen molar-refractivity contribution in [3.05, 3.63) is 11.1 Å². The van der Waals surface area contributed by atoms with E-state index in [9.17, 15) is 0 Å². The molecule has 1 fully saturated rings.